The van der Waals surface area contributed by atoms with Crippen molar-refractivity contribution in [2.45, 2.75) is 150 Å². The maximum atomic E-state index is 11.2. The summed E-state index contributed by atoms with van der Waals surface area (Å²) in [4.78, 5) is 56.4. The van der Waals surface area contributed by atoms with Gasteiger partial charge in [0.2, 0.25) is 11.2 Å². The summed E-state index contributed by atoms with van der Waals surface area (Å²) in [5, 5.41) is 25.2. The Morgan fingerprint density at radius 3 is 1.69 bits per heavy atom. The van der Waals surface area contributed by atoms with Crippen molar-refractivity contribution < 1.29 is 64.0 Å². The van der Waals surface area contributed by atoms with Crippen LogP contribution in [0, 0.1) is 0 Å². The fourth-order valence-corrected chi connectivity index (χ4v) is 7.00. The Labute approximate surface area is 416 Å². The summed E-state index contributed by atoms with van der Waals surface area (Å²) in [5.41, 5.74) is 3.46. The van der Waals surface area contributed by atoms with E-state index in [4.69, 9.17) is 55.6 Å². The number of hydrogen-bond donors (Lipinski definition) is 5. The third-order valence-electron chi connectivity index (χ3n) is 9.62. The number of carbonyl (C=O) groups is 3. The molecule has 0 saturated carbocycles. The number of esters is 1. The molecule has 2 aliphatic heterocycles. The van der Waals surface area contributed by atoms with Crippen molar-refractivity contribution in [3.8, 4) is 5.75 Å². The summed E-state index contributed by atoms with van der Waals surface area (Å²) in [6.45, 7) is 16.8. The number of aliphatic carboxylic acids is 2. The van der Waals surface area contributed by atoms with Crippen LogP contribution in [0.3, 0.4) is 0 Å². The number of nitrogens with one attached hydrogen (secondary N) is 3. The SMILES string of the molecule is CC(=O)O.CC(=O)O.CC(C)(C)Nc1nc(Cl)nc2c1ncn2C1CCCCO1.COC(=O)CCCCCCOc1ccc(Nc2nc(NC(C)(C)C)c3ncn(C4CCCCO4)c3n2)cc1.[Pd]. The quantitative estimate of drug-likeness (QED) is 0.0300. The molecule has 2 fully saturated rings. The van der Waals surface area contributed by atoms with Crippen molar-refractivity contribution in [2.24, 2.45) is 0 Å². The van der Waals surface area contributed by atoms with Crippen LogP contribution >= 0.6 is 11.6 Å². The predicted octanol–water partition coefficient (Wildman–Crippen LogP) is 9.55. The molecule has 68 heavy (non-hydrogen) atoms. The van der Waals surface area contributed by atoms with Crippen LogP contribution in [-0.4, -0.2) is 105 Å². The van der Waals surface area contributed by atoms with Crippen molar-refractivity contribution in [2.75, 3.05) is 42.9 Å². The molecule has 5 aromatic rings. The average molecular weight is 1060 g/mol. The molecular weight excluding hydrogens is 992 g/mol. The number of ether oxygens (including phenoxy) is 4. The van der Waals surface area contributed by atoms with Gasteiger partial charge in [0.05, 0.1) is 26.4 Å². The fraction of sp³-hybridized carbons (Fsp3) is 0.587. The molecule has 0 spiro atoms. The van der Waals surface area contributed by atoms with E-state index in [0.29, 0.717) is 36.3 Å². The van der Waals surface area contributed by atoms with E-state index in [0.717, 1.165) is 119 Å². The number of carbonyl (C=O) groups excluding carboxylic acids is 1. The number of halogens is 1. The van der Waals surface area contributed by atoms with Gasteiger partial charge < -0.3 is 45.1 Å². The molecule has 378 valence electrons. The van der Waals surface area contributed by atoms with Crippen molar-refractivity contribution >= 4 is 75.1 Å². The van der Waals surface area contributed by atoms with E-state index in [9.17, 15) is 4.79 Å². The molecule has 22 heteroatoms. The van der Waals surface area contributed by atoms with Gasteiger partial charge in [0.15, 0.2) is 34.0 Å². The van der Waals surface area contributed by atoms with Crippen LogP contribution in [0.1, 0.15) is 138 Å². The van der Waals surface area contributed by atoms with Crippen molar-refractivity contribution in [3.63, 3.8) is 0 Å². The Hall–Kier alpha value is -5.20. The maximum absolute atomic E-state index is 11.2. The molecule has 7 rings (SSSR count). The smallest absolute Gasteiger partial charge is 0.305 e. The van der Waals surface area contributed by atoms with Gasteiger partial charge in [-0.3, -0.25) is 23.5 Å². The first-order valence-electron chi connectivity index (χ1n) is 22.6. The second-order valence-electron chi connectivity index (χ2n) is 18.1. The van der Waals surface area contributed by atoms with Gasteiger partial charge in [-0.1, -0.05) is 12.8 Å². The molecule has 0 bridgehead atoms. The molecule has 4 aromatic heterocycles. The number of hydrogen-bond acceptors (Lipinski definition) is 16. The minimum Gasteiger partial charge on any atom is -0.494 e. The Balaban J connectivity index is 0.000000341. The van der Waals surface area contributed by atoms with Crippen molar-refractivity contribution in [1.29, 1.82) is 0 Å². The number of carboxylic acid groups (broad SMARTS) is 2. The third kappa shape index (κ3) is 19.8. The molecule has 6 heterocycles. The van der Waals surface area contributed by atoms with Gasteiger partial charge in [-0.05, 0) is 129 Å². The third-order valence-corrected chi connectivity index (χ3v) is 9.79. The first-order chi connectivity index (χ1) is 31.7. The number of carboxylic acids is 2. The second kappa shape index (κ2) is 27.7. The van der Waals surface area contributed by atoms with E-state index >= 15 is 0 Å². The summed E-state index contributed by atoms with van der Waals surface area (Å²) in [6.07, 6.45) is 14.1. The molecule has 0 amide bonds. The monoisotopic (exact) mass is 1060 g/mol. The zero-order valence-electron chi connectivity index (χ0n) is 40.5. The van der Waals surface area contributed by atoms with E-state index in [1.807, 2.05) is 33.4 Å². The normalized spacial score (nSPS) is 15.7. The molecule has 2 atom stereocenters. The van der Waals surface area contributed by atoms with Gasteiger partial charge in [0.25, 0.3) is 11.9 Å². The number of imidazole rings is 2. The van der Waals surface area contributed by atoms with Crippen LogP contribution in [0.25, 0.3) is 22.3 Å². The Morgan fingerprint density at radius 1 is 0.735 bits per heavy atom. The molecule has 20 nitrogen and oxygen atoms in total. The molecule has 1 aromatic carbocycles. The fourth-order valence-electron chi connectivity index (χ4n) is 6.84. The van der Waals surface area contributed by atoms with E-state index < -0.39 is 11.9 Å². The number of unbranched alkanes of at least 4 members (excludes halogenated alkanes) is 3. The molecule has 2 unspecified atom stereocenters. The Morgan fingerprint density at radius 2 is 1.22 bits per heavy atom. The van der Waals surface area contributed by atoms with Crippen LogP contribution in [0.2, 0.25) is 5.28 Å². The second-order valence-corrected chi connectivity index (χ2v) is 18.4. The minimum absolute atomic E-state index is 0. The zero-order chi connectivity index (χ0) is 49.1. The van der Waals surface area contributed by atoms with E-state index in [1.165, 1.54) is 7.11 Å². The number of anilines is 4. The van der Waals surface area contributed by atoms with Crippen LogP contribution in [-0.2, 0) is 49.0 Å². The van der Waals surface area contributed by atoms with Gasteiger partial charge in [-0.15, -0.1) is 0 Å². The van der Waals surface area contributed by atoms with Gasteiger partial charge in [0.1, 0.15) is 18.2 Å². The number of fused-ring (bicyclic) bond motifs is 2. The number of nitrogens with zero attached hydrogens (tertiary/aromatic N) is 8. The summed E-state index contributed by atoms with van der Waals surface area (Å²) in [7, 11) is 1.42. The summed E-state index contributed by atoms with van der Waals surface area (Å²) in [6, 6.07) is 7.79. The zero-order valence-corrected chi connectivity index (χ0v) is 42.9. The Kier molecular flexibility index (Phi) is 23.3. The molecule has 0 aliphatic carbocycles. The molecular formula is C46H68ClN11O9Pd. The first kappa shape index (κ1) is 57.1. The average Bonchev–Trinajstić information content (AvgIpc) is 3.88. The maximum Gasteiger partial charge on any atom is 0.305 e. The van der Waals surface area contributed by atoms with E-state index in [2.05, 4.69) is 82.2 Å². The Bertz CT molecular complexity index is 2320. The first-order valence-corrected chi connectivity index (χ1v) is 23.0. The minimum atomic E-state index is -0.833. The largest absolute Gasteiger partial charge is 0.494 e. The van der Waals surface area contributed by atoms with Crippen LogP contribution < -0.4 is 20.7 Å². The van der Waals surface area contributed by atoms with Crippen molar-refractivity contribution in [1.82, 2.24) is 39.0 Å². The van der Waals surface area contributed by atoms with Crippen LogP contribution in [0.4, 0.5) is 23.3 Å². The number of methoxy groups -OCH3 is 1. The molecule has 5 N–H and O–H groups in total. The van der Waals surface area contributed by atoms with E-state index in [1.54, 1.807) is 12.7 Å². The van der Waals surface area contributed by atoms with Crippen LogP contribution in [0.5, 0.6) is 5.75 Å². The van der Waals surface area contributed by atoms with Gasteiger partial charge in [-0.2, -0.15) is 19.9 Å². The van der Waals surface area contributed by atoms with Gasteiger partial charge in [0, 0.05) is 70.7 Å². The number of benzene rings is 1. The predicted molar refractivity (Wildman–Crippen MR) is 257 cm³/mol. The molecule has 2 saturated heterocycles. The topological polar surface area (TPSA) is 252 Å². The van der Waals surface area contributed by atoms with Gasteiger partial charge >= 0.3 is 5.97 Å². The molecule has 2 aliphatic rings. The summed E-state index contributed by atoms with van der Waals surface area (Å²) < 4.78 is 26.3. The van der Waals surface area contributed by atoms with Crippen molar-refractivity contribution in [3.05, 3.63) is 42.2 Å². The number of aromatic nitrogens is 8. The van der Waals surface area contributed by atoms with Crippen LogP contribution in [0.15, 0.2) is 36.9 Å². The summed E-state index contributed by atoms with van der Waals surface area (Å²) in [5.74, 6) is 0.829. The van der Waals surface area contributed by atoms with Gasteiger partial charge in [-0.25, -0.2) is 9.97 Å². The molecule has 0 radical (unpaired) electrons. The van der Waals surface area contributed by atoms with E-state index in [-0.39, 0.29) is 55.2 Å². The standard InChI is InChI=1S/C28H40N6O4.C14H20ClN5O.2C2H4O2.Pd/c1-28(2,3)33-25-24-26(34(19-29-24)22-11-8-10-18-38-22)32-27(31-25)30-20-13-15-21(16-14-20)37-17-9-6-5-7-12-23(35)36-4;1-14(2,3)19-11-10-12(18-13(15)17-11)20(8-16-10)9-6-4-5-7-21-9;2*1-2(3)4;/h13-16,19,22H,5-12,17-18H2,1-4H3,(H2,30,31,32,33);8-9H,4-7H2,1-3H3,(H,17,18,19);2*1H3,(H,3,4);. The summed E-state index contributed by atoms with van der Waals surface area (Å²) >= 11 is 6.08. The number of rotatable bonds is 14.